The van der Waals surface area contributed by atoms with Crippen molar-refractivity contribution in [3.8, 4) is 5.75 Å². The van der Waals surface area contributed by atoms with Crippen molar-refractivity contribution in [1.82, 2.24) is 24.3 Å². The van der Waals surface area contributed by atoms with Crippen molar-refractivity contribution in [2.24, 2.45) is 0 Å². The number of hydrogen-bond donors (Lipinski definition) is 1. The van der Waals surface area contributed by atoms with Crippen LogP contribution in [0.2, 0.25) is 0 Å². The van der Waals surface area contributed by atoms with E-state index in [1.165, 1.54) is 5.56 Å². The monoisotopic (exact) mass is 636 g/mol. The lowest BCUT2D eigenvalue weighted by Crippen LogP contribution is -2.58. The molecule has 0 unspecified atom stereocenters. The minimum absolute atomic E-state index is 0.0192. The van der Waals surface area contributed by atoms with Gasteiger partial charge in [-0.2, -0.15) is 4.98 Å². The SMILES string of the molecule is Cc1cc(=O)n(C2CCCC2)c2nc(N[C@@H](C)c3ccc(C4(N5CCN(C(=O)Oc6ccccc6)CC5)CCOCC4)cc3)ncc12. The molecule has 1 amide bonds. The minimum Gasteiger partial charge on any atom is -0.410 e. The molecule has 7 rings (SSSR count). The summed E-state index contributed by atoms with van der Waals surface area (Å²) in [5.74, 6) is 1.09. The summed E-state index contributed by atoms with van der Waals surface area (Å²) in [5, 5.41) is 4.42. The molecule has 3 aliphatic rings. The quantitative estimate of drug-likeness (QED) is 0.256. The highest BCUT2D eigenvalue weighted by molar-refractivity contribution is 5.79. The first kappa shape index (κ1) is 31.3. The number of pyridine rings is 1. The third kappa shape index (κ3) is 6.36. The molecule has 0 spiro atoms. The number of rotatable bonds is 7. The van der Waals surface area contributed by atoms with E-state index in [1.54, 1.807) is 23.1 Å². The van der Waals surface area contributed by atoms with Crippen LogP contribution in [0.4, 0.5) is 10.7 Å². The summed E-state index contributed by atoms with van der Waals surface area (Å²) in [7, 11) is 0. The van der Waals surface area contributed by atoms with Gasteiger partial charge < -0.3 is 19.7 Å². The summed E-state index contributed by atoms with van der Waals surface area (Å²) in [6, 6.07) is 20.0. The molecule has 246 valence electrons. The Morgan fingerprint density at radius 1 is 1.00 bits per heavy atom. The Morgan fingerprint density at radius 2 is 1.70 bits per heavy atom. The summed E-state index contributed by atoms with van der Waals surface area (Å²) >= 11 is 0. The van der Waals surface area contributed by atoms with Gasteiger partial charge in [0, 0.05) is 63.1 Å². The number of amides is 1. The smallest absolute Gasteiger partial charge is 0.410 e. The molecule has 47 heavy (non-hydrogen) atoms. The molecule has 4 heterocycles. The maximum absolute atomic E-state index is 13.1. The first-order valence-electron chi connectivity index (χ1n) is 17.0. The molecule has 0 radical (unpaired) electrons. The zero-order chi connectivity index (χ0) is 32.4. The van der Waals surface area contributed by atoms with E-state index in [-0.39, 0.29) is 29.3 Å². The Bertz CT molecular complexity index is 1760. The van der Waals surface area contributed by atoms with Gasteiger partial charge in [0.25, 0.3) is 5.56 Å². The zero-order valence-electron chi connectivity index (χ0n) is 27.4. The fourth-order valence-corrected chi connectivity index (χ4v) is 7.68. The van der Waals surface area contributed by atoms with Gasteiger partial charge in [0.05, 0.1) is 11.6 Å². The fraction of sp³-hybridized carbons (Fsp3) is 0.459. The number of ether oxygens (including phenoxy) is 2. The van der Waals surface area contributed by atoms with Crippen molar-refractivity contribution in [2.75, 3.05) is 44.7 Å². The highest BCUT2D eigenvalue weighted by atomic mass is 16.6. The third-order valence-corrected chi connectivity index (χ3v) is 10.4. The Labute approximate surface area is 275 Å². The highest BCUT2D eigenvalue weighted by Crippen LogP contribution is 2.39. The Morgan fingerprint density at radius 3 is 2.40 bits per heavy atom. The zero-order valence-corrected chi connectivity index (χ0v) is 27.4. The largest absolute Gasteiger partial charge is 0.415 e. The number of piperazine rings is 1. The number of anilines is 1. The highest BCUT2D eigenvalue weighted by Gasteiger charge is 2.42. The van der Waals surface area contributed by atoms with Gasteiger partial charge >= 0.3 is 6.09 Å². The molecule has 1 aliphatic carbocycles. The summed E-state index contributed by atoms with van der Waals surface area (Å²) in [4.78, 5) is 39.8. The summed E-state index contributed by atoms with van der Waals surface area (Å²) in [6.07, 6.45) is 7.66. The van der Waals surface area contributed by atoms with E-state index >= 15 is 0 Å². The number of carbonyl (C=O) groups is 1. The number of aromatic nitrogens is 3. The molecule has 2 aliphatic heterocycles. The van der Waals surface area contributed by atoms with Gasteiger partial charge in [-0.1, -0.05) is 55.3 Å². The van der Waals surface area contributed by atoms with E-state index < -0.39 is 0 Å². The molecule has 2 aromatic carbocycles. The molecule has 3 fully saturated rings. The van der Waals surface area contributed by atoms with Gasteiger partial charge in [0.1, 0.15) is 11.4 Å². The number of aryl methyl sites for hydroxylation is 1. The van der Waals surface area contributed by atoms with Gasteiger partial charge in [-0.3, -0.25) is 14.3 Å². The predicted molar refractivity (Wildman–Crippen MR) is 182 cm³/mol. The second-order valence-electron chi connectivity index (χ2n) is 13.2. The second kappa shape index (κ2) is 13.4. The van der Waals surface area contributed by atoms with Gasteiger partial charge in [-0.15, -0.1) is 0 Å². The molecule has 2 saturated heterocycles. The Hall–Kier alpha value is -4.28. The Kier molecular flexibility index (Phi) is 8.96. The van der Waals surface area contributed by atoms with Crippen molar-refractivity contribution in [3.05, 3.63) is 93.9 Å². The first-order chi connectivity index (χ1) is 22.9. The van der Waals surface area contributed by atoms with E-state index in [1.807, 2.05) is 35.9 Å². The van der Waals surface area contributed by atoms with Crippen molar-refractivity contribution < 1.29 is 14.3 Å². The molecule has 4 aromatic rings. The molecule has 10 nitrogen and oxygen atoms in total. The van der Waals surface area contributed by atoms with E-state index in [0.717, 1.165) is 73.8 Å². The van der Waals surface area contributed by atoms with Crippen LogP contribution >= 0.6 is 0 Å². The average molecular weight is 637 g/mol. The molecule has 10 heteroatoms. The van der Waals surface area contributed by atoms with Crippen LogP contribution in [-0.4, -0.2) is 69.8 Å². The van der Waals surface area contributed by atoms with Crippen molar-refractivity contribution in [3.63, 3.8) is 0 Å². The molecule has 0 bridgehead atoms. The number of hydrogen-bond acceptors (Lipinski definition) is 8. The van der Waals surface area contributed by atoms with Gasteiger partial charge in [-0.25, -0.2) is 9.78 Å². The van der Waals surface area contributed by atoms with Crippen molar-refractivity contribution >= 4 is 23.1 Å². The van der Waals surface area contributed by atoms with Gasteiger partial charge in [0.15, 0.2) is 0 Å². The normalized spacial score (nSPS) is 19.5. The fourth-order valence-electron chi connectivity index (χ4n) is 7.68. The maximum atomic E-state index is 13.1. The second-order valence-corrected chi connectivity index (χ2v) is 13.2. The number of fused-ring (bicyclic) bond motifs is 1. The van der Waals surface area contributed by atoms with Gasteiger partial charge in [0.2, 0.25) is 5.95 Å². The molecular weight excluding hydrogens is 592 g/mol. The molecule has 1 saturated carbocycles. The summed E-state index contributed by atoms with van der Waals surface area (Å²) in [6.45, 7) is 8.26. The predicted octanol–water partition coefficient (Wildman–Crippen LogP) is 6.21. The summed E-state index contributed by atoms with van der Waals surface area (Å²) < 4.78 is 13.3. The van der Waals surface area contributed by atoms with Gasteiger partial charge in [-0.05, 0) is 68.4 Å². The van der Waals surface area contributed by atoms with Crippen LogP contribution in [0, 0.1) is 6.92 Å². The van der Waals surface area contributed by atoms with Crippen molar-refractivity contribution in [2.45, 2.75) is 70.0 Å². The molecule has 1 atom stereocenters. The standard InChI is InChI=1S/C37H44N6O4/c1-26-24-33(44)43(30-8-6-7-9-30)34-32(26)25-38-35(40-34)39-27(2)28-12-14-29(15-13-28)37(16-22-46-23-17-37)42-20-18-41(19-21-42)36(45)47-31-10-4-3-5-11-31/h3-5,10-15,24-25,27,30H,6-9,16-23H2,1-2H3,(H,38,39,40)/t27-/m0/s1. The first-order valence-corrected chi connectivity index (χ1v) is 17.0. The number of para-hydroxylation sites is 1. The van der Waals surface area contributed by atoms with E-state index in [0.29, 0.717) is 38.0 Å². The number of carbonyl (C=O) groups excluding carboxylic acids is 1. The van der Waals surface area contributed by atoms with E-state index in [2.05, 4.69) is 46.4 Å². The third-order valence-electron chi connectivity index (χ3n) is 10.4. The Balaban J connectivity index is 1.06. The van der Waals surface area contributed by atoms with Crippen LogP contribution < -0.4 is 15.6 Å². The number of benzene rings is 2. The lowest BCUT2D eigenvalue weighted by atomic mass is 9.80. The average Bonchev–Trinajstić information content (AvgIpc) is 3.63. The van der Waals surface area contributed by atoms with Crippen LogP contribution in [0.15, 0.2) is 71.7 Å². The van der Waals surface area contributed by atoms with E-state index in [4.69, 9.17) is 14.5 Å². The van der Waals surface area contributed by atoms with Crippen LogP contribution in [0.1, 0.15) is 74.2 Å². The molecule has 2 aromatic heterocycles. The summed E-state index contributed by atoms with van der Waals surface area (Å²) in [5.41, 5.74) is 3.90. The molecular formula is C37H44N6O4. The van der Waals surface area contributed by atoms with Crippen LogP contribution in [0.3, 0.4) is 0 Å². The maximum Gasteiger partial charge on any atom is 0.415 e. The topological polar surface area (TPSA) is 102 Å². The molecule has 1 N–H and O–H groups in total. The van der Waals surface area contributed by atoms with Crippen LogP contribution in [-0.2, 0) is 10.3 Å². The number of nitrogens with one attached hydrogen (secondary N) is 1. The van der Waals surface area contributed by atoms with Crippen molar-refractivity contribution in [1.29, 1.82) is 0 Å². The lowest BCUT2D eigenvalue weighted by molar-refractivity contribution is -0.0483. The van der Waals surface area contributed by atoms with Crippen LogP contribution in [0.5, 0.6) is 5.75 Å². The minimum atomic E-state index is -0.296. The lowest BCUT2D eigenvalue weighted by Gasteiger charge is -2.49. The van der Waals surface area contributed by atoms with Crippen LogP contribution in [0.25, 0.3) is 11.0 Å². The number of nitrogens with zero attached hydrogens (tertiary/aromatic N) is 5. The van der Waals surface area contributed by atoms with E-state index in [9.17, 15) is 9.59 Å².